The van der Waals surface area contributed by atoms with Crippen molar-refractivity contribution in [1.82, 2.24) is 26.4 Å². The Balaban J connectivity index is 1.47. The molecular weight excluding hydrogens is 372 g/mol. The molecule has 29 heavy (non-hydrogen) atoms. The summed E-state index contributed by atoms with van der Waals surface area (Å²) in [6.07, 6.45) is 0. The highest BCUT2D eigenvalue weighted by atomic mass is 16.2. The highest BCUT2D eigenvalue weighted by Gasteiger charge is 2.17. The number of anilines is 1. The highest BCUT2D eigenvalue weighted by Crippen LogP contribution is 2.16. The lowest BCUT2D eigenvalue weighted by atomic mass is 10.1. The topological polar surface area (TPSA) is 128 Å². The maximum Gasteiger partial charge on any atom is 0.319 e. The molecule has 1 aromatic heterocycles. The number of hydrogen-bond acceptors (Lipinski definition) is 4. The molecule has 2 aromatic carbocycles. The summed E-state index contributed by atoms with van der Waals surface area (Å²) >= 11 is 0. The Bertz CT molecular complexity index is 988. The lowest BCUT2D eigenvalue weighted by Gasteiger charge is -2.15. The minimum atomic E-state index is -0.874. The van der Waals surface area contributed by atoms with E-state index in [1.165, 1.54) is 6.92 Å². The highest BCUT2D eigenvalue weighted by molar-refractivity contribution is 5.96. The van der Waals surface area contributed by atoms with Crippen LogP contribution in [0.25, 0.3) is 11.3 Å². The fraction of sp³-hybridized carbons (Fsp3) is 0.100. The van der Waals surface area contributed by atoms with E-state index in [1.54, 1.807) is 30.3 Å². The van der Waals surface area contributed by atoms with Crippen molar-refractivity contribution in [2.24, 2.45) is 0 Å². The maximum absolute atomic E-state index is 12.2. The van der Waals surface area contributed by atoms with E-state index in [9.17, 15) is 14.4 Å². The van der Waals surface area contributed by atoms with E-state index in [4.69, 9.17) is 0 Å². The lowest BCUT2D eigenvalue weighted by Crippen LogP contribution is -2.51. The molecule has 4 amide bonds. The predicted octanol–water partition coefficient (Wildman–Crippen LogP) is 2.05. The normalized spacial score (nSPS) is 11.2. The number of carbonyl (C=O) groups is 3. The van der Waals surface area contributed by atoms with Gasteiger partial charge in [-0.1, -0.05) is 48.5 Å². The molecule has 3 aromatic rings. The molecule has 0 aliphatic carbocycles. The first-order valence-electron chi connectivity index (χ1n) is 8.86. The van der Waals surface area contributed by atoms with E-state index < -0.39 is 23.9 Å². The number of para-hydroxylation sites is 1. The summed E-state index contributed by atoms with van der Waals surface area (Å²) in [4.78, 5) is 36.2. The molecule has 1 atom stereocenters. The average Bonchev–Trinajstić information content (AvgIpc) is 3.23. The van der Waals surface area contributed by atoms with E-state index in [0.29, 0.717) is 11.4 Å². The molecule has 0 aliphatic rings. The van der Waals surface area contributed by atoms with Gasteiger partial charge in [0.2, 0.25) is 0 Å². The number of carbonyl (C=O) groups excluding carboxylic acids is 3. The van der Waals surface area contributed by atoms with Gasteiger partial charge in [-0.2, -0.15) is 5.10 Å². The van der Waals surface area contributed by atoms with E-state index in [-0.39, 0.29) is 5.69 Å². The molecule has 3 rings (SSSR count). The molecule has 1 unspecified atom stereocenters. The molecule has 0 spiro atoms. The summed E-state index contributed by atoms with van der Waals surface area (Å²) in [6, 6.07) is 18.3. The van der Waals surface area contributed by atoms with Crippen LogP contribution in [-0.4, -0.2) is 34.1 Å². The maximum atomic E-state index is 12.2. The smallest absolute Gasteiger partial charge is 0.319 e. The largest absolute Gasteiger partial charge is 0.326 e. The number of aromatic amines is 1. The average molecular weight is 392 g/mol. The standard InChI is InChI=1S/C20H20N6O3/c1-13(21-20(29)22-15-10-6-3-7-11-15)18(27)25-26-19(28)17-12-16(23-24-17)14-8-4-2-5-9-14/h2-13H,1H3,(H,23,24)(H,25,27)(H,26,28)(H2,21,22,29). The zero-order chi connectivity index (χ0) is 20.6. The van der Waals surface area contributed by atoms with Crippen LogP contribution >= 0.6 is 0 Å². The van der Waals surface area contributed by atoms with E-state index in [1.807, 2.05) is 36.4 Å². The Morgan fingerprint density at radius 2 is 1.59 bits per heavy atom. The Morgan fingerprint density at radius 3 is 2.28 bits per heavy atom. The molecule has 0 aliphatic heterocycles. The van der Waals surface area contributed by atoms with Crippen LogP contribution in [0.3, 0.4) is 0 Å². The van der Waals surface area contributed by atoms with Crippen LogP contribution in [-0.2, 0) is 4.79 Å². The van der Waals surface area contributed by atoms with Crippen molar-refractivity contribution in [1.29, 1.82) is 0 Å². The monoisotopic (exact) mass is 392 g/mol. The summed E-state index contributed by atoms with van der Waals surface area (Å²) in [6.45, 7) is 1.50. The van der Waals surface area contributed by atoms with Crippen molar-refractivity contribution >= 4 is 23.5 Å². The first kappa shape index (κ1) is 19.6. The third-order valence-corrected chi connectivity index (χ3v) is 3.96. The Morgan fingerprint density at radius 1 is 0.931 bits per heavy atom. The number of benzene rings is 2. The van der Waals surface area contributed by atoms with Crippen molar-refractivity contribution in [3.63, 3.8) is 0 Å². The number of nitrogens with zero attached hydrogens (tertiary/aromatic N) is 1. The second kappa shape index (κ2) is 9.18. The van der Waals surface area contributed by atoms with Gasteiger partial charge in [-0.15, -0.1) is 0 Å². The molecule has 9 nitrogen and oxygen atoms in total. The number of urea groups is 1. The van der Waals surface area contributed by atoms with Crippen LogP contribution < -0.4 is 21.5 Å². The van der Waals surface area contributed by atoms with Crippen molar-refractivity contribution < 1.29 is 14.4 Å². The van der Waals surface area contributed by atoms with Crippen LogP contribution in [0.15, 0.2) is 66.7 Å². The van der Waals surface area contributed by atoms with Crippen molar-refractivity contribution in [3.05, 3.63) is 72.4 Å². The van der Waals surface area contributed by atoms with Gasteiger partial charge in [-0.25, -0.2) is 4.79 Å². The van der Waals surface area contributed by atoms with E-state index in [2.05, 4.69) is 31.7 Å². The van der Waals surface area contributed by atoms with Gasteiger partial charge in [0.1, 0.15) is 11.7 Å². The zero-order valence-corrected chi connectivity index (χ0v) is 15.6. The molecular formula is C20H20N6O3. The molecule has 0 radical (unpaired) electrons. The number of nitrogens with one attached hydrogen (secondary N) is 5. The van der Waals surface area contributed by atoms with Gasteiger partial charge in [0.25, 0.3) is 11.8 Å². The number of hydrogen-bond donors (Lipinski definition) is 5. The van der Waals surface area contributed by atoms with Gasteiger partial charge in [-0.05, 0) is 25.1 Å². The van der Waals surface area contributed by atoms with E-state index >= 15 is 0 Å². The van der Waals surface area contributed by atoms with Gasteiger partial charge in [0.05, 0.1) is 5.69 Å². The third kappa shape index (κ3) is 5.42. The summed E-state index contributed by atoms with van der Waals surface area (Å²) in [5.74, 6) is -1.14. The van der Waals surface area contributed by atoms with Crippen molar-refractivity contribution in [2.45, 2.75) is 13.0 Å². The van der Waals surface area contributed by atoms with Gasteiger partial charge >= 0.3 is 6.03 Å². The zero-order valence-electron chi connectivity index (χ0n) is 15.6. The molecule has 5 N–H and O–H groups in total. The first-order chi connectivity index (χ1) is 14.0. The summed E-state index contributed by atoms with van der Waals surface area (Å²) < 4.78 is 0. The van der Waals surface area contributed by atoms with Crippen LogP contribution in [0.5, 0.6) is 0 Å². The summed E-state index contributed by atoms with van der Waals surface area (Å²) in [5, 5.41) is 11.8. The second-order valence-corrected chi connectivity index (χ2v) is 6.16. The number of hydrazine groups is 1. The van der Waals surface area contributed by atoms with Crippen molar-refractivity contribution in [2.75, 3.05) is 5.32 Å². The number of H-pyrrole nitrogens is 1. The SMILES string of the molecule is CC(NC(=O)Nc1ccccc1)C(=O)NNC(=O)c1cc(-c2ccccc2)n[nH]1. The molecule has 0 fully saturated rings. The van der Waals surface area contributed by atoms with Crippen LogP contribution in [0.2, 0.25) is 0 Å². The Hall–Kier alpha value is -4.14. The van der Waals surface area contributed by atoms with Gasteiger partial charge in [0.15, 0.2) is 0 Å². The number of amides is 4. The fourth-order valence-electron chi connectivity index (χ4n) is 2.44. The van der Waals surface area contributed by atoms with Gasteiger partial charge in [-0.3, -0.25) is 25.5 Å². The fourth-order valence-corrected chi connectivity index (χ4v) is 2.44. The van der Waals surface area contributed by atoms with Crippen LogP contribution in [0.4, 0.5) is 10.5 Å². The summed E-state index contributed by atoms with van der Waals surface area (Å²) in [5.41, 5.74) is 6.80. The molecule has 9 heteroatoms. The number of rotatable bonds is 5. The first-order valence-corrected chi connectivity index (χ1v) is 8.86. The molecule has 1 heterocycles. The molecule has 0 saturated carbocycles. The minimum Gasteiger partial charge on any atom is -0.326 e. The van der Waals surface area contributed by atoms with Crippen molar-refractivity contribution in [3.8, 4) is 11.3 Å². The van der Waals surface area contributed by atoms with Gasteiger partial charge < -0.3 is 10.6 Å². The minimum absolute atomic E-state index is 0.187. The molecule has 148 valence electrons. The molecule has 0 saturated heterocycles. The second-order valence-electron chi connectivity index (χ2n) is 6.16. The van der Waals surface area contributed by atoms with Crippen LogP contribution in [0, 0.1) is 0 Å². The quantitative estimate of drug-likeness (QED) is 0.426. The van der Waals surface area contributed by atoms with E-state index in [0.717, 1.165) is 5.56 Å². The predicted molar refractivity (Wildman–Crippen MR) is 108 cm³/mol. The number of aromatic nitrogens is 2. The lowest BCUT2D eigenvalue weighted by molar-refractivity contribution is -0.123. The Kier molecular flexibility index (Phi) is 6.21. The third-order valence-electron chi connectivity index (χ3n) is 3.96. The summed E-state index contributed by atoms with van der Waals surface area (Å²) in [7, 11) is 0. The Labute approximate surface area is 166 Å². The van der Waals surface area contributed by atoms with Crippen LogP contribution in [0.1, 0.15) is 17.4 Å². The molecule has 0 bridgehead atoms. The van der Waals surface area contributed by atoms with Gasteiger partial charge in [0, 0.05) is 11.3 Å².